The fourth-order valence-corrected chi connectivity index (χ4v) is 2.09. The number of ether oxygens (including phenoxy) is 2. The molecule has 0 aliphatic heterocycles. The second-order valence-corrected chi connectivity index (χ2v) is 4.82. The van der Waals surface area contributed by atoms with Gasteiger partial charge >= 0.3 is 0 Å². The van der Waals surface area contributed by atoms with E-state index in [1.165, 1.54) is 6.07 Å². The van der Waals surface area contributed by atoms with E-state index in [-0.39, 0.29) is 11.9 Å². The third-order valence-corrected chi connectivity index (χ3v) is 3.09. The van der Waals surface area contributed by atoms with E-state index in [0.717, 1.165) is 5.75 Å². The molecule has 2 unspecified atom stereocenters. The van der Waals surface area contributed by atoms with Gasteiger partial charge in [0.2, 0.25) is 0 Å². The molecule has 0 saturated carbocycles. The molecule has 0 aliphatic rings. The van der Waals surface area contributed by atoms with Crippen molar-refractivity contribution >= 4 is 0 Å². The molecule has 0 aromatic heterocycles. The van der Waals surface area contributed by atoms with E-state index in [9.17, 15) is 4.39 Å². The van der Waals surface area contributed by atoms with Crippen LogP contribution in [0.4, 0.5) is 4.39 Å². The van der Waals surface area contributed by atoms with Gasteiger partial charge in [-0.3, -0.25) is 0 Å². The summed E-state index contributed by atoms with van der Waals surface area (Å²) in [5.41, 5.74) is 6.41. The molecule has 2 N–H and O–H groups in total. The van der Waals surface area contributed by atoms with Gasteiger partial charge in [0.15, 0.2) is 0 Å². The van der Waals surface area contributed by atoms with Crippen LogP contribution in [0.5, 0.6) is 11.5 Å². The van der Waals surface area contributed by atoms with Crippen molar-refractivity contribution in [3.05, 3.63) is 59.9 Å². The minimum atomic E-state index is -0.538. The third-order valence-electron chi connectivity index (χ3n) is 3.09. The van der Waals surface area contributed by atoms with Crippen molar-refractivity contribution in [3.63, 3.8) is 0 Å². The summed E-state index contributed by atoms with van der Waals surface area (Å²) in [6, 6.07) is 13.4. The number of halogens is 1. The third kappa shape index (κ3) is 3.95. The molecule has 0 spiro atoms. The van der Waals surface area contributed by atoms with Crippen LogP contribution in [0.25, 0.3) is 0 Å². The summed E-state index contributed by atoms with van der Waals surface area (Å²) in [4.78, 5) is 0. The van der Waals surface area contributed by atoms with Crippen molar-refractivity contribution in [2.75, 3.05) is 6.61 Å². The molecule has 0 saturated heterocycles. The minimum Gasteiger partial charge on any atom is -0.494 e. The largest absolute Gasteiger partial charge is 0.494 e. The second kappa shape index (κ2) is 7.09. The van der Waals surface area contributed by atoms with Gasteiger partial charge in [-0.1, -0.05) is 18.2 Å². The van der Waals surface area contributed by atoms with Gasteiger partial charge in [-0.15, -0.1) is 0 Å². The van der Waals surface area contributed by atoms with E-state index in [1.807, 2.05) is 19.1 Å². The maximum atomic E-state index is 13.9. The molecule has 2 aromatic rings. The Morgan fingerprint density at radius 3 is 2.24 bits per heavy atom. The summed E-state index contributed by atoms with van der Waals surface area (Å²) in [5, 5.41) is 0. The number of hydrogen-bond acceptors (Lipinski definition) is 3. The van der Waals surface area contributed by atoms with Gasteiger partial charge in [-0.2, -0.15) is 0 Å². The van der Waals surface area contributed by atoms with Gasteiger partial charge in [0.05, 0.1) is 6.61 Å². The maximum Gasteiger partial charge on any atom is 0.141 e. The highest BCUT2D eigenvalue weighted by atomic mass is 19.1. The number of hydrogen-bond donors (Lipinski definition) is 1. The molecule has 0 radical (unpaired) electrons. The average Bonchev–Trinajstić information content (AvgIpc) is 2.47. The monoisotopic (exact) mass is 289 g/mol. The summed E-state index contributed by atoms with van der Waals surface area (Å²) in [7, 11) is 0. The van der Waals surface area contributed by atoms with E-state index < -0.39 is 6.10 Å². The van der Waals surface area contributed by atoms with Crippen molar-refractivity contribution in [2.45, 2.75) is 26.0 Å². The SMILES string of the molecule is CCOc1ccc(OC(c2ccccc2F)C(C)N)cc1. The minimum absolute atomic E-state index is 0.314. The molecule has 2 aromatic carbocycles. The van der Waals surface area contributed by atoms with Crippen LogP contribution in [0, 0.1) is 5.82 Å². The van der Waals surface area contributed by atoms with Crippen molar-refractivity contribution in [1.82, 2.24) is 0 Å². The Morgan fingerprint density at radius 1 is 1.05 bits per heavy atom. The lowest BCUT2D eigenvalue weighted by Crippen LogP contribution is -2.29. The first-order chi connectivity index (χ1) is 10.1. The summed E-state index contributed by atoms with van der Waals surface area (Å²) in [6.45, 7) is 4.33. The van der Waals surface area contributed by atoms with E-state index in [4.69, 9.17) is 15.2 Å². The summed E-state index contributed by atoms with van der Waals surface area (Å²) in [5.74, 6) is 1.09. The lowest BCUT2D eigenvalue weighted by molar-refractivity contribution is 0.175. The Kier molecular flexibility index (Phi) is 5.17. The predicted octanol–water partition coefficient (Wildman–Crippen LogP) is 3.69. The van der Waals surface area contributed by atoms with Gasteiger partial charge in [0, 0.05) is 11.6 Å². The van der Waals surface area contributed by atoms with E-state index in [0.29, 0.717) is 17.9 Å². The highest BCUT2D eigenvalue weighted by Gasteiger charge is 2.21. The Hall–Kier alpha value is -2.07. The van der Waals surface area contributed by atoms with Crippen molar-refractivity contribution in [1.29, 1.82) is 0 Å². The van der Waals surface area contributed by atoms with Crippen LogP contribution in [-0.4, -0.2) is 12.6 Å². The van der Waals surface area contributed by atoms with Crippen molar-refractivity contribution in [3.8, 4) is 11.5 Å². The van der Waals surface area contributed by atoms with Crippen LogP contribution in [0.3, 0.4) is 0 Å². The fraction of sp³-hybridized carbons (Fsp3) is 0.294. The van der Waals surface area contributed by atoms with E-state index >= 15 is 0 Å². The Labute approximate surface area is 124 Å². The Bertz CT molecular complexity index is 569. The van der Waals surface area contributed by atoms with Gasteiger partial charge in [-0.05, 0) is 44.2 Å². The van der Waals surface area contributed by atoms with Crippen LogP contribution in [0.2, 0.25) is 0 Å². The maximum absolute atomic E-state index is 13.9. The summed E-state index contributed by atoms with van der Waals surface area (Å²) >= 11 is 0. The first-order valence-electron chi connectivity index (χ1n) is 7.01. The van der Waals surface area contributed by atoms with Crippen LogP contribution < -0.4 is 15.2 Å². The van der Waals surface area contributed by atoms with Crippen LogP contribution in [-0.2, 0) is 0 Å². The quantitative estimate of drug-likeness (QED) is 0.882. The average molecular weight is 289 g/mol. The van der Waals surface area contributed by atoms with Crippen LogP contribution >= 0.6 is 0 Å². The standard InChI is InChI=1S/C17H20FNO2/c1-3-20-13-8-10-14(11-9-13)21-17(12(2)19)15-6-4-5-7-16(15)18/h4-12,17H,3,19H2,1-2H3. The van der Waals surface area contributed by atoms with E-state index in [1.54, 1.807) is 37.3 Å². The predicted molar refractivity (Wildman–Crippen MR) is 81.0 cm³/mol. The molecule has 21 heavy (non-hydrogen) atoms. The number of rotatable bonds is 6. The number of nitrogens with two attached hydrogens (primary N) is 1. The molecule has 3 nitrogen and oxygen atoms in total. The highest BCUT2D eigenvalue weighted by Crippen LogP contribution is 2.27. The summed E-state index contributed by atoms with van der Waals surface area (Å²) < 4.78 is 25.1. The molecule has 0 fully saturated rings. The van der Waals surface area contributed by atoms with Crippen LogP contribution in [0.1, 0.15) is 25.5 Å². The van der Waals surface area contributed by atoms with Gasteiger partial charge in [-0.25, -0.2) is 4.39 Å². The molecular weight excluding hydrogens is 269 g/mol. The molecule has 112 valence electrons. The zero-order valence-electron chi connectivity index (χ0n) is 12.3. The molecule has 4 heteroatoms. The van der Waals surface area contributed by atoms with Crippen LogP contribution in [0.15, 0.2) is 48.5 Å². The Balaban J connectivity index is 2.19. The topological polar surface area (TPSA) is 44.5 Å². The second-order valence-electron chi connectivity index (χ2n) is 4.82. The van der Waals surface area contributed by atoms with Crippen molar-refractivity contribution < 1.29 is 13.9 Å². The molecule has 0 aliphatic carbocycles. The highest BCUT2D eigenvalue weighted by molar-refractivity contribution is 5.32. The molecule has 0 amide bonds. The molecular formula is C17H20FNO2. The van der Waals surface area contributed by atoms with E-state index in [2.05, 4.69) is 0 Å². The molecule has 2 rings (SSSR count). The first-order valence-corrected chi connectivity index (χ1v) is 7.01. The number of benzene rings is 2. The molecule has 0 bridgehead atoms. The lowest BCUT2D eigenvalue weighted by atomic mass is 10.0. The summed E-state index contributed by atoms with van der Waals surface area (Å²) in [6.07, 6.45) is -0.538. The smallest absolute Gasteiger partial charge is 0.141 e. The molecule has 0 heterocycles. The van der Waals surface area contributed by atoms with Crippen molar-refractivity contribution in [2.24, 2.45) is 5.73 Å². The fourth-order valence-electron chi connectivity index (χ4n) is 2.09. The normalized spacial score (nSPS) is 13.5. The van der Waals surface area contributed by atoms with Gasteiger partial charge in [0.25, 0.3) is 0 Å². The first kappa shape index (κ1) is 15.3. The zero-order valence-corrected chi connectivity index (χ0v) is 12.3. The Morgan fingerprint density at radius 2 is 1.67 bits per heavy atom. The molecule has 2 atom stereocenters. The van der Waals surface area contributed by atoms with Gasteiger partial charge in [0.1, 0.15) is 23.4 Å². The zero-order chi connectivity index (χ0) is 15.2. The van der Waals surface area contributed by atoms with Gasteiger partial charge < -0.3 is 15.2 Å². The lowest BCUT2D eigenvalue weighted by Gasteiger charge is -2.23.